The minimum absolute atomic E-state index is 0. The van der Waals surface area contributed by atoms with Crippen molar-refractivity contribution < 1.29 is 5.11 Å². The average molecular weight is 200 g/mol. The SMILES string of the molecule is CC(N)O.[BaH2]. The van der Waals surface area contributed by atoms with Gasteiger partial charge in [-0.05, 0) is 6.92 Å². The Kier molecular flexibility index (Phi) is 10.7. The van der Waals surface area contributed by atoms with Gasteiger partial charge in [0.05, 0.1) is 6.23 Å². The molecule has 1 atom stereocenters. The summed E-state index contributed by atoms with van der Waals surface area (Å²) in [5.41, 5.74) is 4.67. The summed E-state index contributed by atoms with van der Waals surface area (Å²) in [5, 5.41) is 7.83. The van der Waals surface area contributed by atoms with Crippen molar-refractivity contribution in [1.29, 1.82) is 0 Å². The van der Waals surface area contributed by atoms with E-state index in [1.807, 2.05) is 0 Å². The van der Waals surface area contributed by atoms with E-state index >= 15 is 0 Å². The van der Waals surface area contributed by atoms with Crippen molar-refractivity contribution in [3.8, 4) is 0 Å². The van der Waals surface area contributed by atoms with Crippen molar-refractivity contribution in [2.45, 2.75) is 13.2 Å². The summed E-state index contributed by atoms with van der Waals surface area (Å²) >= 11 is 0. The monoisotopic (exact) mass is 201 g/mol. The van der Waals surface area contributed by atoms with Crippen LogP contribution < -0.4 is 5.73 Å². The first kappa shape index (κ1) is 9.70. The summed E-state index contributed by atoms with van der Waals surface area (Å²) in [6.07, 6.45) is -0.667. The van der Waals surface area contributed by atoms with E-state index in [-0.39, 0.29) is 48.9 Å². The van der Waals surface area contributed by atoms with Crippen LogP contribution in [0.5, 0.6) is 0 Å². The summed E-state index contributed by atoms with van der Waals surface area (Å²) in [4.78, 5) is 0. The Balaban J connectivity index is 0. The third-order valence-corrected chi connectivity index (χ3v) is 0. The maximum absolute atomic E-state index is 7.83. The molecule has 2 nitrogen and oxygen atoms in total. The van der Waals surface area contributed by atoms with Gasteiger partial charge in [-0.15, -0.1) is 0 Å². The molecule has 0 rings (SSSR count). The maximum atomic E-state index is 7.83. The van der Waals surface area contributed by atoms with Gasteiger partial charge < -0.3 is 10.8 Å². The van der Waals surface area contributed by atoms with Crippen LogP contribution in [0.2, 0.25) is 0 Å². The van der Waals surface area contributed by atoms with E-state index in [0.717, 1.165) is 0 Å². The van der Waals surface area contributed by atoms with Gasteiger partial charge in [0.2, 0.25) is 0 Å². The van der Waals surface area contributed by atoms with E-state index in [2.05, 4.69) is 5.73 Å². The van der Waals surface area contributed by atoms with Gasteiger partial charge in [0.1, 0.15) is 0 Å². The Morgan fingerprint density at radius 2 is 1.80 bits per heavy atom. The molecule has 0 spiro atoms. The normalized spacial score (nSPS) is 12.6. The molecule has 0 saturated carbocycles. The summed E-state index contributed by atoms with van der Waals surface area (Å²) in [6.45, 7) is 1.50. The molecular weight excluding hydrogens is 191 g/mol. The van der Waals surface area contributed by atoms with Crippen molar-refractivity contribution in [3.05, 3.63) is 0 Å². The molecule has 1 unspecified atom stereocenters. The van der Waals surface area contributed by atoms with Crippen LogP contribution in [0.3, 0.4) is 0 Å². The van der Waals surface area contributed by atoms with E-state index in [9.17, 15) is 0 Å². The molecule has 0 aromatic heterocycles. The summed E-state index contributed by atoms with van der Waals surface area (Å²) < 4.78 is 0. The second kappa shape index (κ2) is 5.49. The van der Waals surface area contributed by atoms with Crippen molar-refractivity contribution >= 4 is 48.9 Å². The number of rotatable bonds is 0. The zero-order valence-electron chi connectivity index (χ0n) is 2.60. The fourth-order valence-corrected chi connectivity index (χ4v) is 0. The molecule has 0 amide bonds. The van der Waals surface area contributed by atoms with E-state index in [4.69, 9.17) is 5.11 Å². The van der Waals surface area contributed by atoms with Crippen molar-refractivity contribution in [2.24, 2.45) is 5.73 Å². The Hall–Kier alpha value is 1.49. The van der Waals surface area contributed by atoms with Crippen LogP contribution in [0, 0.1) is 0 Å². The molecule has 0 bridgehead atoms. The molecule has 30 valence electrons. The summed E-state index contributed by atoms with van der Waals surface area (Å²) in [5.74, 6) is 0. The van der Waals surface area contributed by atoms with Gasteiger partial charge in [0.25, 0.3) is 0 Å². The third-order valence-electron chi connectivity index (χ3n) is 0. The second-order valence-electron chi connectivity index (χ2n) is 0.741. The van der Waals surface area contributed by atoms with Crippen LogP contribution in [0.4, 0.5) is 0 Å². The van der Waals surface area contributed by atoms with Gasteiger partial charge >= 0.3 is 48.9 Å². The quantitative estimate of drug-likeness (QED) is 0.364. The van der Waals surface area contributed by atoms with Crippen molar-refractivity contribution in [2.75, 3.05) is 0 Å². The molecule has 3 heteroatoms. The molecule has 0 heterocycles. The van der Waals surface area contributed by atoms with Gasteiger partial charge in [-0.2, -0.15) is 0 Å². The number of nitrogens with two attached hydrogens (primary N) is 1. The molecule has 0 saturated heterocycles. The van der Waals surface area contributed by atoms with Crippen LogP contribution in [0.1, 0.15) is 6.92 Å². The van der Waals surface area contributed by atoms with E-state index in [1.165, 1.54) is 6.92 Å². The molecule has 3 N–H and O–H groups in total. The first-order valence-corrected chi connectivity index (χ1v) is 1.17. The third kappa shape index (κ3) is 30.1. The zero-order valence-corrected chi connectivity index (χ0v) is 2.60. The second-order valence-corrected chi connectivity index (χ2v) is 0.741. The predicted molar refractivity (Wildman–Crippen MR) is 24.4 cm³/mol. The number of aliphatic hydroxyl groups excluding tert-OH is 1. The van der Waals surface area contributed by atoms with E-state index in [0.29, 0.717) is 0 Å². The molecule has 0 aromatic carbocycles. The molecule has 0 aromatic rings. The van der Waals surface area contributed by atoms with Gasteiger partial charge in [-0.25, -0.2) is 0 Å². The van der Waals surface area contributed by atoms with Crippen LogP contribution in [-0.4, -0.2) is 60.2 Å². The topological polar surface area (TPSA) is 46.2 Å². The number of hydrogen-bond acceptors (Lipinski definition) is 2. The average Bonchev–Trinajstić information content (AvgIpc) is 0.811. The van der Waals surface area contributed by atoms with Crippen LogP contribution in [-0.2, 0) is 0 Å². The zero-order chi connectivity index (χ0) is 3.58. The Bertz CT molecular complexity index is 14.4. The molecule has 0 aliphatic rings. The van der Waals surface area contributed by atoms with Crippen LogP contribution >= 0.6 is 0 Å². The molecule has 0 aliphatic carbocycles. The summed E-state index contributed by atoms with van der Waals surface area (Å²) in [6, 6.07) is 0. The van der Waals surface area contributed by atoms with Crippen LogP contribution in [0.15, 0.2) is 0 Å². The predicted octanol–water partition coefficient (Wildman–Crippen LogP) is -1.63. The van der Waals surface area contributed by atoms with Crippen LogP contribution in [0.25, 0.3) is 0 Å². The Labute approximate surface area is 71.8 Å². The van der Waals surface area contributed by atoms with Crippen molar-refractivity contribution in [3.63, 3.8) is 0 Å². The number of hydrogen-bond donors (Lipinski definition) is 2. The molecular formula is C2H9BaNO. The van der Waals surface area contributed by atoms with E-state index < -0.39 is 6.23 Å². The molecule has 0 radical (unpaired) electrons. The fraction of sp³-hybridized carbons (Fsp3) is 1.00. The minimum atomic E-state index is -0.667. The Morgan fingerprint density at radius 3 is 1.80 bits per heavy atom. The number of aliphatic hydroxyl groups is 1. The molecule has 5 heavy (non-hydrogen) atoms. The first-order chi connectivity index (χ1) is 1.73. The van der Waals surface area contributed by atoms with Gasteiger partial charge in [-0.3, -0.25) is 0 Å². The van der Waals surface area contributed by atoms with Gasteiger partial charge in [-0.1, -0.05) is 0 Å². The van der Waals surface area contributed by atoms with Gasteiger partial charge in [0, 0.05) is 0 Å². The Morgan fingerprint density at radius 1 is 1.80 bits per heavy atom. The summed E-state index contributed by atoms with van der Waals surface area (Å²) in [7, 11) is 0. The standard InChI is InChI=1S/C2H7NO.Ba.2H/c1-2(3)4;;;/h2,4H,3H2,1H3;;;. The van der Waals surface area contributed by atoms with Crippen molar-refractivity contribution in [1.82, 2.24) is 0 Å². The first-order valence-electron chi connectivity index (χ1n) is 1.17. The fourth-order valence-electron chi connectivity index (χ4n) is 0. The molecule has 0 aliphatic heterocycles. The van der Waals surface area contributed by atoms with E-state index in [1.54, 1.807) is 0 Å². The van der Waals surface area contributed by atoms with Gasteiger partial charge in [0.15, 0.2) is 0 Å². The molecule has 0 fully saturated rings.